The zero-order valence-electron chi connectivity index (χ0n) is 11.0. The third kappa shape index (κ3) is 2.28. The van der Waals surface area contributed by atoms with E-state index in [0.29, 0.717) is 6.42 Å². The number of rotatable bonds is 3. The van der Waals surface area contributed by atoms with Crippen molar-refractivity contribution in [1.82, 2.24) is 9.66 Å². The summed E-state index contributed by atoms with van der Waals surface area (Å²) in [6.07, 6.45) is 3.13. The number of aromatic nitrogens is 2. The van der Waals surface area contributed by atoms with Crippen LogP contribution >= 0.6 is 0 Å². The predicted molar refractivity (Wildman–Crippen MR) is 80.0 cm³/mol. The van der Waals surface area contributed by atoms with E-state index in [1.165, 1.54) is 4.68 Å². The Morgan fingerprint density at radius 2 is 1.85 bits per heavy atom. The van der Waals surface area contributed by atoms with Crippen LogP contribution in [0.15, 0.2) is 59.5 Å². The number of fused-ring (bicyclic) bond motifs is 1. The van der Waals surface area contributed by atoms with Crippen LogP contribution in [0.25, 0.3) is 10.9 Å². The second-order valence-corrected chi connectivity index (χ2v) is 4.72. The van der Waals surface area contributed by atoms with Gasteiger partial charge in [-0.25, -0.2) is 4.68 Å². The summed E-state index contributed by atoms with van der Waals surface area (Å²) in [5.74, 6) is 5.88. The van der Waals surface area contributed by atoms with Crippen molar-refractivity contribution in [3.63, 3.8) is 0 Å². The van der Waals surface area contributed by atoms with Crippen molar-refractivity contribution in [3.05, 3.63) is 76.3 Å². The molecule has 0 unspecified atom stereocenters. The third-order valence-corrected chi connectivity index (χ3v) is 3.40. The van der Waals surface area contributed by atoms with Crippen LogP contribution in [0.2, 0.25) is 0 Å². The minimum Gasteiger partial charge on any atom is -0.336 e. The molecule has 0 aliphatic rings. The highest BCUT2D eigenvalue weighted by molar-refractivity contribution is 5.79. The average Bonchev–Trinajstić information content (AvgIpc) is 2.50. The second kappa shape index (κ2) is 5.17. The molecule has 0 spiro atoms. The normalized spacial score (nSPS) is 10.8. The second-order valence-electron chi connectivity index (χ2n) is 4.72. The molecule has 4 nitrogen and oxygen atoms in total. The number of benzene rings is 1. The minimum atomic E-state index is -0.139. The first-order valence-corrected chi connectivity index (χ1v) is 6.54. The molecule has 0 amide bonds. The number of pyridine rings is 2. The van der Waals surface area contributed by atoms with Gasteiger partial charge in [-0.3, -0.25) is 9.78 Å². The van der Waals surface area contributed by atoms with Gasteiger partial charge in [0.2, 0.25) is 0 Å². The molecule has 2 aromatic heterocycles. The summed E-state index contributed by atoms with van der Waals surface area (Å²) in [5.41, 5.74) is 2.30. The van der Waals surface area contributed by atoms with E-state index < -0.39 is 0 Å². The van der Waals surface area contributed by atoms with Gasteiger partial charge in [0, 0.05) is 22.8 Å². The molecule has 20 heavy (non-hydrogen) atoms. The van der Waals surface area contributed by atoms with Gasteiger partial charge in [-0.05, 0) is 37.1 Å². The van der Waals surface area contributed by atoms with Gasteiger partial charge >= 0.3 is 0 Å². The summed E-state index contributed by atoms with van der Waals surface area (Å²) < 4.78 is 1.23. The van der Waals surface area contributed by atoms with Crippen molar-refractivity contribution >= 4 is 10.9 Å². The topological polar surface area (TPSA) is 60.9 Å². The summed E-state index contributed by atoms with van der Waals surface area (Å²) in [6.45, 7) is 0. The molecule has 0 aliphatic heterocycles. The third-order valence-electron chi connectivity index (χ3n) is 3.40. The zero-order valence-corrected chi connectivity index (χ0v) is 11.0. The molecule has 0 saturated carbocycles. The van der Waals surface area contributed by atoms with Gasteiger partial charge < -0.3 is 5.84 Å². The van der Waals surface area contributed by atoms with E-state index in [1.54, 1.807) is 6.20 Å². The van der Waals surface area contributed by atoms with E-state index in [0.717, 1.165) is 28.6 Å². The summed E-state index contributed by atoms with van der Waals surface area (Å²) in [4.78, 5) is 16.5. The quantitative estimate of drug-likeness (QED) is 0.736. The first-order chi connectivity index (χ1) is 9.75. The molecule has 0 aliphatic carbocycles. The summed E-state index contributed by atoms with van der Waals surface area (Å²) in [7, 11) is 0. The van der Waals surface area contributed by atoms with Crippen LogP contribution in [-0.2, 0) is 12.8 Å². The molecule has 100 valence electrons. The molecule has 2 heterocycles. The number of nitrogens with zero attached hydrogens (tertiary/aromatic N) is 2. The molecule has 0 saturated heterocycles. The van der Waals surface area contributed by atoms with Gasteiger partial charge in [-0.1, -0.05) is 24.3 Å². The van der Waals surface area contributed by atoms with Crippen LogP contribution in [0.5, 0.6) is 0 Å². The van der Waals surface area contributed by atoms with Crippen molar-refractivity contribution in [1.29, 1.82) is 0 Å². The van der Waals surface area contributed by atoms with E-state index in [9.17, 15) is 4.79 Å². The predicted octanol–water partition coefficient (Wildman–Crippen LogP) is 1.90. The zero-order chi connectivity index (χ0) is 13.9. The molecule has 0 bridgehead atoms. The van der Waals surface area contributed by atoms with E-state index in [-0.39, 0.29) is 5.56 Å². The minimum absolute atomic E-state index is 0.139. The highest BCUT2D eigenvalue weighted by Crippen LogP contribution is 2.12. The number of para-hydroxylation sites is 1. The summed E-state index contributed by atoms with van der Waals surface area (Å²) in [5, 5.41) is 0.977. The van der Waals surface area contributed by atoms with E-state index in [2.05, 4.69) is 4.98 Å². The van der Waals surface area contributed by atoms with Gasteiger partial charge in [-0.15, -0.1) is 0 Å². The van der Waals surface area contributed by atoms with Crippen LogP contribution in [0.3, 0.4) is 0 Å². The van der Waals surface area contributed by atoms with Crippen LogP contribution in [0, 0.1) is 0 Å². The standard InChI is InChI=1S/C16H15N3O/c17-19-15-7-2-1-5-12(15)11-13(16(19)20)8-9-14-6-3-4-10-18-14/h1-7,10-11H,8-9,17H2. The Hall–Kier alpha value is -2.62. The van der Waals surface area contributed by atoms with Gasteiger partial charge in [0.25, 0.3) is 5.56 Å². The van der Waals surface area contributed by atoms with Crippen molar-refractivity contribution < 1.29 is 0 Å². The molecular formula is C16H15N3O. The molecule has 0 atom stereocenters. The molecular weight excluding hydrogens is 250 g/mol. The lowest BCUT2D eigenvalue weighted by Crippen LogP contribution is -2.30. The molecule has 0 radical (unpaired) electrons. The Bertz CT molecular complexity index is 794. The molecule has 3 aromatic rings. The molecule has 0 fully saturated rings. The van der Waals surface area contributed by atoms with E-state index in [1.807, 2.05) is 48.5 Å². The Kier molecular flexibility index (Phi) is 3.21. The number of hydrogen-bond donors (Lipinski definition) is 1. The maximum Gasteiger partial charge on any atom is 0.272 e. The van der Waals surface area contributed by atoms with Gasteiger partial charge in [0.05, 0.1) is 5.52 Å². The van der Waals surface area contributed by atoms with Crippen molar-refractivity contribution in [2.45, 2.75) is 12.8 Å². The van der Waals surface area contributed by atoms with E-state index >= 15 is 0 Å². The van der Waals surface area contributed by atoms with Gasteiger partial charge in [0.15, 0.2) is 0 Å². The smallest absolute Gasteiger partial charge is 0.272 e. The van der Waals surface area contributed by atoms with Crippen LogP contribution in [0.1, 0.15) is 11.3 Å². The summed E-state index contributed by atoms with van der Waals surface area (Å²) in [6, 6.07) is 15.3. The highest BCUT2D eigenvalue weighted by atomic mass is 16.1. The van der Waals surface area contributed by atoms with Crippen molar-refractivity contribution in [2.24, 2.45) is 0 Å². The number of aryl methyl sites for hydroxylation is 2. The van der Waals surface area contributed by atoms with Gasteiger partial charge in [-0.2, -0.15) is 0 Å². The SMILES string of the molecule is Nn1c(=O)c(CCc2ccccn2)cc2ccccc21. The maximum atomic E-state index is 12.2. The Labute approximate surface area is 116 Å². The van der Waals surface area contributed by atoms with Crippen LogP contribution < -0.4 is 11.4 Å². The van der Waals surface area contributed by atoms with Crippen molar-refractivity contribution in [3.8, 4) is 0 Å². The van der Waals surface area contributed by atoms with Gasteiger partial charge in [0.1, 0.15) is 0 Å². The van der Waals surface area contributed by atoms with Crippen molar-refractivity contribution in [2.75, 3.05) is 5.84 Å². The highest BCUT2D eigenvalue weighted by Gasteiger charge is 2.07. The molecule has 4 heteroatoms. The lowest BCUT2D eigenvalue weighted by Gasteiger charge is -2.08. The largest absolute Gasteiger partial charge is 0.336 e. The molecule has 3 rings (SSSR count). The van der Waals surface area contributed by atoms with Crippen LogP contribution in [0.4, 0.5) is 0 Å². The number of nitrogens with two attached hydrogens (primary N) is 1. The number of nitrogen functional groups attached to an aromatic ring is 1. The molecule has 2 N–H and O–H groups in total. The average molecular weight is 265 g/mol. The lowest BCUT2D eigenvalue weighted by atomic mass is 10.1. The Morgan fingerprint density at radius 3 is 2.65 bits per heavy atom. The summed E-state index contributed by atoms with van der Waals surface area (Å²) >= 11 is 0. The fraction of sp³-hybridized carbons (Fsp3) is 0.125. The Balaban J connectivity index is 1.96. The first-order valence-electron chi connectivity index (χ1n) is 6.54. The number of hydrogen-bond acceptors (Lipinski definition) is 3. The monoisotopic (exact) mass is 265 g/mol. The fourth-order valence-corrected chi connectivity index (χ4v) is 2.33. The Morgan fingerprint density at radius 1 is 1.05 bits per heavy atom. The maximum absolute atomic E-state index is 12.2. The lowest BCUT2D eigenvalue weighted by molar-refractivity contribution is 0.870. The fourth-order valence-electron chi connectivity index (χ4n) is 2.33. The van der Waals surface area contributed by atoms with Crippen LogP contribution in [-0.4, -0.2) is 9.66 Å². The molecule has 1 aromatic carbocycles. The first kappa shape index (κ1) is 12.4. The van der Waals surface area contributed by atoms with E-state index in [4.69, 9.17) is 5.84 Å².